The Morgan fingerprint density at radius 3 is 1.04 bits per heavy atom. The molecule has 0 unspecified atom stereocenters. The molecule has 0 saturated heterocycles. The number of hydrogen-bond acceptors (Lipinski definition) is 17. The molecule has 0 spiro atoms. The Hall–Kier alpha value is -2.16. The maximum absolute atomic E-state index is 10.9. The van der Waals surface area contributed by atoms with Gasteiger partial charge in [0, 0.05) is 0 Å². The van der Waals surface area contributed by atoms with E-state index in [1.165, 1.54) is 0 Å². The van der Waals surface area contributed by atoms with E-state index in [-0.39, 0.29) is 39.8 Å². The number of nitrogens with one attached hydrogen (secondary N) is 1. The third-order valence-electron chi connectivity index (χ3n) is 4.29. The van der Waals surface area contributed by atoms with Gasteiger partial charge in [-0.2, -0.15) is 0 Å². The number of esters is 2. The van der Waals surface area contributed by atoms with Crippen molar-refractivity contribution in [3.8, 4) is 0 Å². The first kappa shape index (κ1) is 51.7. The number of carbonyl (C=O) groups excluding carboxylic acids is 2. The first-order valence-corrected chi connectivity index (χ1v) is 15.1. The van der Waals surface area contributed by atoms with Gasteiger partial charge in [0.15, 0.2) is 0 Å². The predicted octanol–water partition coefficient (Wildman–Crippen LogP) is -0.842. The van der Waals surface area contributed by atoms with E-state index in [0.717, 1.165) is 6.21 Å². The van der Waals surface area contributed by atoms with E-state index in [9.17, 15) is 9.59 Å². The summed E-state index contributed by atoms with van der Waals surface area (Å²) in [7, 11) is 0. The number of rotatable bonds is 32. The van der Waals surface area contributed by atoms with Gasteiger partial charge in [-0.25, -0.2) is 9.59 Å². The predicted molar refractivity (Wildman–Crippen MR) is 168 cm³/mol. The summed E-state index contributed by atoms with van der Waals surface area (Å²) in [6, 6.07) is 0. The Labute approximate surface area is 279 Å². The minimum atomic E-state index is -0.567. The molecule has 4 N–H and O–H groups in total. The monoisotopic (exact) mass is 693 g/mol. The van der Waals surface area contributed by atoms with E-state index in [0.29, 0.717) is 126 Å². The van der Waals surface area contributed by atoms with Crippen LogP contribution in [0.3, 0.4) is 0 Å². The maximum Gasteiger partial charge on any atom is 0.418 e. The van der Waals surface area contributed by atoms with Crippen LogP contribution in [0, 0.1) is 5.53 Å². The molecule has 0 aromatic carbocycles. The van der Waals surface area contributed by atoms with Crippen LogP contribution in [-0.2, 0) is 61.7 Å². The van der Waals surface area contributed by atoms with Gasteiger partial charge < -0.3 is 67.4 Å². The highest BCUT2D eigenvalue weighted by Gasteiger charge is 2.01. The summed E-state index contributed by atoms with van der Waals surface area (Å²) in [6.07, 6.45) is 0.809. The molecule has 0 aromatic rings. The second-order valence-electron chi connectivity index (χ2n) is 7.94. The lowest BCUT2D eigenvalue weighted by atomic mass is 10.6. The molecular weight excluding hydrogens is 632 g/mol. The molecule has 18 heteroatoms. The number of nitrogens with zero attached hydrogens (tertiary/aromatic N) is 1. The van der Waals surface area contributed by atoms with Gasteiger partial charge in [-0.05, 0) is 13.8 Å². The van der Waals surface area contributed by atoms with Crippen LogP contribution in [-0.4, -0.2) is 190 Å². The molecule has 0 amide bonds. The quantitative estimate of drug-likeness (QED) is 0.0221. The molecule has 0 rings (SSSR count). The molecule has 0 heterocycles. The molecule has 0 atom stereocenters. The zero-order valence-electron chi connectivity index (χ0n) is 27.4. The number of hydrogen-bond donors (Lipinski definition) is 4. The van der Waals surface area contributed by atoms with Crippen LogP contribution in [0.15, 0.2) is 0 Å². The van der Waals surface area contributed by atoms with Crippen LogP contribution in [0.4, 0.5) is 0 Å². The minimum absolute atomic E-state index is 0. The Balaban J connectivity index is -0.000000323. The van der Waals surface area contributed by atoms with Crippen molar-refractivity contribution in [3.05, 3.63) is 0 Å². The molecule has 0 fully saturated rings. The summed E-state index contributed by atoms with van der Waals surface area (Å²) in [4.78, 5) is 23.8. The lowest BCUT2D eigenvalue weighted by Gasteiger charge is -2.07. The van der Waals surface area contributed by atoms with E-state index < -0.39 is 5.97 Å². The van der Waals surface area contributed by atoms with E-state index in [1.54, 1.807) is 13.8 Å². The SMILES string of the molecule is C.CCOC(=O)C=[N+]=N.CCOC(=O)COCCOCCOCCOCCOCCO.OCCOCCOCCOCCOCCO. The summed E-state index contributed by atoms with van der Waals surface area (Å²) >= 11 is 0. The molecule has 282 valence electrons. The standard InChI is InChI=1S/C14H28O8.C10H22O6.C4H7N2O2.CH4/c1-2-22-14(16)13-21-12-11-20-10-9-19-8-7-18-6-5-17-4-3-15;11-1-3-13-5-7-15-9-10-16-8-6-14-4-2-12;1-2-8-4(7)3-6-5;/h15H,2-13H2,1H3;11-12H,1-10H2;3,5H,2H2,1H3;1H4/q;;+1;. The fraction of sp³-hybridized carbons (Fsp3) is 0.897. The van der Waals surface area contributed by atoms with Gasteiger partial charge in [0.25, 0.3) is 0 Å². The summed E-state index contributed by atoms with van der Waals surface area (Å²) in [5.41, 5.74) is 6.18. The third kappa shape index (κ3) is 56.5. The average molecular weight is 694 g/mol. The first-order valence-electron chi connectivity index (χ1n) is 15.1. The Morgan fingerprint density at radius 1 is 0.511 bits per heavy atom. The molecular formula is C29H61N2O16+. The summed E-state index contributed by atoms with van der Waals surface area (Å²) in [5, 5.41) is 25.3. The van der Waals surface area contributed by atoms with Crippen molar-refractivity contribution in [2.45, 2.75) is 21.3 Å². The largest absolute Gasteiger partial charge is 0.464 e. The van der Waals surface area contributed by atoms with Gasteiger partial charge in [-0.1, -0.05) is 7.43 Å². The van der Waals surface area contributed by atoms with Crippen molar-refractivity contribution >= 4 is 18.2 Å². The molecule has 0 aliphatic heterocycles. The van der Waals surface area contributed by atoms with Crippen LogP contribution < -0.4 is 0 Å². The van der Waals surface area contributed by atoms with E-state index in [2.05, 4.69) is 9.53 Å². The van der Waals surface area contributed by atoms with Crippen molar-refractivity contribution in [2.24, 2.45) is 0 Å². The lowest BCUT2D eigenvalue weighted by molar-refractivity contribution is -0.149. The Kier molecular flexibility index (Phi) is 55.7. The Bertz CT molecular complexity index is 644. The normalized spacial score (nSPS) is 9.98. The highest BCUT2D eigenvalue weighted by atomic mass is 16.6. The van der Waals surface area contributed by atoms with E-state index in [4.69, 9.17) is 68.2 Å². The summed E-state index contributed by atoms with van der Waals surface area (Å²) < 4.78 is 55.3. The fourth-order valence-corrected chi connectivity index (χ4v) is 2.43. The van der Waals surface area contributed by atoms with Gasteiger partial charge in [-0.15, -0.1) is 0 Å². The molecule has 0 radical (unpaired) electrons. The van der Waals surface area contributed by atoms with Crippen molar-refractivity contribution in [3.63, 3.8) is 0 Å². The number of aliphatic hydroxyl groups is 3. The van der Waals surface area contributed by atoms with E-state index in [1.807, 2.05) is 0 Å². The molecule has 0 aliphatic rings. The second kappa shape index (κ2) is 50.7. The number of aliphatic hydroxyl groups excluding tert-OH is 3. The van der Waals surface area contributed by atoms with Crippen molar-refractivity contribution in [1.29, 1.82) is 5.53 Å². The minimum Gasteiger partial charge on any atom is -0.464 e. The number of ether oxygens (including phenoxy) is 11. The second-order valence-corrected chi connectivity index (χ2v) is 7.94. The number of carbonyl (C=O) groups is 2. The zero-order chi connectivity index (χ0) is 34.6. The van der Waals surface area contributed by atoms with Gasteiger partial charge in [0.05, 0.1) is 156 Å². The molecule has 0 aliphatic carbocycles. The third-order valence-corrected chi connectivity index (χ3v) is 4.29. The van der Waals surface area contributed by atoms with Gasteiger partial charge in [0.2, 0.25) is 0 Å². The van der Waals surface area contributed by atoms with Crippen LogP contribution in [0.5, 0.6) is 0 Å². The average Bonchev–Trinajstić information content (AvgIpc) is 3.04. The molecule has 47 heavy (non-hydrogen) atoms. The molecule has 0 bridgehead atoms. The lowest BCUT2D eigenvalue weighted by Crippen LogP contribution is -2.16. The smallest absolute Gasteiger partial charge is 0.418 e. The van der Waals surface area contributed by atoms with Gasteiger partial charge in [-0.3, -0.25) is 0 Å². The van der Waals surface area contributed by atoms with E-state index >= 15 is 0 Å². The molecule has 18 nitrogen and oxygen atoms in total. The molecule has 0 saturated carbocycles. The topological polar surface area (TPSA) is 234 Å². The first-order chi connectivity index (χ1) is 22.5. The van der Waals surface area contributed by atoms with Crippen LogP contribution in [0.2, 0.25) is 0 Å². The van der Waals surface area contributed by atoms with Gasteiger partial charge in [0.1, 0.15) is 6.61 Å². The maximum atomic E-state index is 10.9. The Morgan fingerprint density at radius 2 is 0.787 bits per heavy atom. The van der Waals surface area contributed by atoms with Crippen molar-refractivity contribution < 1.29 is 81.8 Å². The zero-order valence-corrected chi connectivity index (χ0v) is 27.4. The van der Waals surface area contributed by atoms with Crippen LogP contribution >= 0.6 is 0 Å². The summed E-state index contributed by atoms with van der Waals surface area (Å²) in [5.74, 6) is -0.935. The highest BCUT2D eigenvalue weighted by Crippen LogP contribution is 1.86. The highest BCUT2D eigenvalue weighted by molar-refractivity contribution is 6.20. The van der Waals surface area contributed by atoms with Crippen molar-refractivity contribution in [2.75, 3.05) is 152 Å². The van der Waals surface area contributed by atoms with Crippen molar-refractivity contribution in [1.82, 2.24) is 0 Å². The summed E-state index contributed by atoms with van der Waals surface area (Å²) in [6.45, 7) is 11.8. The molecule has 0 aromatic heterocycles. The van der Waals surface area contributed by atoms with Gasteiger partial charge >= 0.3 is 18.2 Å². The van der Waals surface area contributed by atoms with Crippen LogP contribution in [0.25, 0.3) is 0 Å². The fourth-order valence-electron chi connectivity index (χ4n) is 2.43. The van der Waals surface area contributed by atoms with Crippen LogP contribution in [0.1, 0.15) is 21.3 Å².